The molecule has 0 atom stereocenters. The van der Waals surface area contributed by atoms with Crippen molar-refractivity contribution in [3.8, 4) is 6.07 Å². The molecule has 2 aromatic rings. The Labute approximate surface area is 142 Å². The molecule has 4 nitrogen and oxygen atoms in total. The number of amides is 1. The summed E-state index contributed by atoms with van der Waals surface area (Å²) in [6.45, 7) is -0.0875. The number of thioether (sulfide) groups is 1. The van der Waals surface area contributed by atoms with E-state index in [9.17, 15) is 9.18 Å². The molecule has 23 heavy (non-hydrogen) atoms. The minimum Gasteiger partial charge on any atom is -0.374 e. The lowest BCUT2D eigenvalue weighted by molar-refractivity contribution is -0.114. The van der Waals surface area contributed by atoms with Crippen LogP contribution in [-0.4, -0.2) is 18.2 Å². The van der Waals surface area contributed by atoms with Gasteiger partial charge in [-0.1, -0.05) is 23.7 Å². The molecule has 2 aromatic carbocycles. The van der Waals surface area contributed by atoms with Gasteiger partial charge in [-0.3, -0.25) is 4.79 Å². The first-order valence-corrected chi connectivity index (χ1v) is 8.04. The van der Waals surface area contributed by atoms with Crippen LogP contribution in [0.3, 0.4) is 0 Å². The molecule has 0 fully saturated rings. The summed E-state index contributed by atoms with van der Waals surface area (Å²) in [5, 5.41) is 14.4. The number of hydrogen-bond acceptors (Lipinski definition) is 4. The van der Waals surface area contributed by atoms with Crippen LogP contribution < -0.4 is 10.6 Å². The van der Waals surface area contributed by atoms with E-state index in [2.05, 4.69) is 10.6 Å². The Hall–Kier alpha value is -2.23. The van der Waals surface area contributed by atoms with Gasteiger partial charge in [0.25, 0.3) is 0 Å². The Morgan fingerprint density at radius 2 is 2.04 bits per heavy atom. The van der Waals surface area contributed by atoms with Crippen LogP contribution in [0.2, 0.25) is 5.02 Å². The number of carbonyl (C=O) groups excluding carboxylic acids is 1. The lowest BCUT2D eigenvalue weighted by Crippen LogP contribution is -2.22. The highest BCUT2D eigenvalue weighted by Crippen LogP contribution is 2.26. The van der Waals surface area contributed by atoms with Gasteiger partial charge >= 0.3 is 0 Å². The average molecular weight is 350 g/mol. The largest absolute Gasteiger partial charge is 0.374 e. The SMILES string of the molecule is N#CCSc1ccccc1NC(=O)CNc1ccc(Cl)cc1F. The number of hydrogen-bond donors (Lipinski definition) is 2. The molecule has 7 heteroatoms. The van der Waals surface area contributed by atoms with Gasteiger partial charge in [0.1, 0.15) is 5.82 Å². The molecule has 0 heterocycles. The third-order valence-electron chi connectivity index (χ3n) is 2.82. The molecule has 2 N–H and O–H groups in total. The first kappa shape index (κ1) is 17.1. The number of benzene rings is 2. The van der Waals surface area contributed by atoms with E-state index in [4.69, 9.17) is 16.9 Å². The van der Waals surface area contributed by atoms with Crippen LogP contribution >= 0.6 is 23.4 Å². The van der Waals surface area contributed by atoms with Crippen LogP contribution in [0.5, 0.6) is 0 Å². The van der Waals surface area contributed by atoms with Crippen molar-refractivity contribution in [3.05, 3.63) is 53.3 Å². The highest BCUT2D eigenvalue weighted by Gasteiger charge is 2.08. The van der Waals surface area contributed by atoms with Gasteiger partial charge in [-0.15, -0.1) is 11.8 Å². The summed E-state index contributed by atoms with van der Waals surface area (Å²) in [5.74, 6) is -0.541. The van der Waals surface area contributed by atoms with Gasteiger partial charge in [0.2, 0.25) is 5.91 Å². The van der Waals surface area contributed by atoms with Crippen molar-refractivity contribution in [2.45, 2.75) is 4.90 Å². The van der Waals surface area contributed by atoms with E-state index in [1.807, 2.05) is 18.2 Å². The molecule has 0 aliphatic carbocycles. The molecule has 2 rings (SSSR count). The molecule has 0 aliphatic heterocycles. The summed E-state index contributed by atoms with van der Waals surface area (Å²) in [4.78, 5) is 12.8. The standard InChI is InChI=1S/C16H13ClFN3OS/c17-11-5-6-13(12(18)9-11)20-10-16(22)21-14-3-1-2-4-15(14)23-8-7-19/h1-6,9,20H,8,10H2,(H,21,22). The Morgan fingerprint density at radius 3 is 2.78 bits per heavy atom. The van der Waals surface area contributed by atoms with Crippen molar-refractivity contribution in [2.24, 2.45) is 0 Å². The minimum atomic E-state index is -0.518. The number of rotatable bonds is 6. The summed E-state index contributed by atoms with van der Waals surface area (Å²) < 4.78 is 13.6. The van der Waals surface area contributed by atoms with E-state index in [1.54, 1.807) is 18.2 Å². The van der Waals surface area contributed by atoms with Crippen molar-refractivity contribution in [1.29, 1.82) is 5.26 Å². The monoisotopic (exact) mass is 349 g/mol. The molecule has 0 aliphatic rings. The Balaban J connectivity index is 1.96. The molecule has 0 spiro atoms. The van der Waals surface area contributed by atoms with Crippen LogP contribution in [0.25, 0.3) is 0 Å². The second-order valence-corrected chi connectivity index (χ2v) is 5.92. The summed E-state index contributed by atoms with van der Waals surface area (Å²) in [6, 6.07) is 13.4. The second kappa shape index (κ2) is 8.42. The third kappa shape index (κ3) is 5.16. The van der Waals surface area contributed by atoms with Crippen LogP contribution in [0.15, 0.2) is 47.4 Å². The summed E-state index contributed by atoms with van der Waals surface area (Å²) in [6.07, 6.45) is 0. The van der Waals surface area contributed by atoms with Crippen LogP contribution in [0.4, 0.5) is 15.8 Å². The zero-order chi connectivity index (χ0) is 16.7. The van der Waals surface area contributed by atoms with E-state index < -0.39 is 5.82 Å². The zero-order valence-corrected chi connectivity index (χ0v) is 13.5. The Morgan fingerprint density at radius 1 is 1.26 bits per heavy atom. The first-order valence-electron chi connectivity index (χ1n) is 6.67. The smallest absolute Gasteiger partial charge is 0.243 e. The fraction of sp³-hybridized carbons (Fsp3) is 0.125. The summed E-state index contributed by atoms with van der Waals surface area (Å²) in [5.41, 5.74) is 0.827. The number of carbonyl (C=O) groups is 1. The van der Waals surface area contributed by atoms with E-state index in [0.717, 1.165) is 4.90 Å². The van der Waals surface area contributed by atoms with Crippen molar-refractivity contribution in [1.82, 2.24) is 0 Å². The van der Waals surface area contributed by atoms with Crippen molar-refractivity contribution >= 4 is 40.6 Å². The van der Waals surface area contributed by atoms with Crippen molar-refractivity contribution < 1.29 is 9.18 Å². The Bertz CT molecular complexity index is 748. The molecule has 0 saturated heterocycles. The molecule has 1 amide bonds. The molecular weight excluding hydrogens is 337 g/mol. The maximum atomic E-state index is 13.6. The molecule has 0 radical (unpaired) electrons. The van der Waals surface area contributed by atoms with Gasteiger partial charge in [-0.05, 0) is 30.3 Å². The van der Waals surface area contributed by atoms with Crippen molar-refractivity contribution in [3.63, 3.8) is 0 Å². The van der Waals surface area contributed by atoms with E-state index >= 15 is 0 Å². The number of anilines is 2. The predicted octanol–water partition coefficient (Wildman–Crippen LogP) is 4.15. The van der Waals surface area contributed by atoms with Crippen LogP contribution in [0.1, 0.15) is 0 Å². The zero-order valence-electron chi connectivity index (χ0n) is 12.0. The van der Waals surface area contributed by atoms with Crippen molar-refractivity contribution in [2.75, 3.05) is 22.9 Å². The number of nitrogens with zero attached hydrogens (tertiary/aromatic N) is 1. The first-order chi connectivity index (χ1) is 11.1. The summed E-state index contributed by atoms with van der Waals surface area (Å²) in [7, 11) is 0. The van der Waals surface area contributed by atoms with Crippen LogP contribution in [-0.2, 0) is 4.79 Å². The average Bonchev–Trinajstić information content (AvgIpc) is 2.53. The normalized spacial score (nSPS) is 9.96. The van der Waals surface area contributed by atoms with Crippen LogP contribution in [0, 0.1) is 17.1 Å². The molecule has 118 valence electrons. The molecular formula is C16H13ClFN3OS. The second-order valence-electron chi connectivity index (χ2n) is 4.47. The number of halogens is 2. The number of nitrogens with one attached hydrogen (secondary N) is 2. The maximum absolute atomic E-state index is 13.6. The molecule has 0 aromatic heterocycles. The number of para-hydroxylation sites is 1. The van der Waals surface area contributed by atoms with Gasteiger partial charge in [-0.2, -0.15) is 5.26 Å². The Kier molecular flexibility index (Phi) is 6.27. The van der Waals surface area contributed by atoms with E-state index in [-0.39, 0.29) is 18.1 Å². The highest BCUT2D eigenvalue weighted by molar-refractivity contribution is 7.99. The fourth-order valence-corrected chi connectivity index (χ4v) is 2.64. The third-order valence-corrected chi connectivity index (χ3v) is 4.00. The molecule has 0 bridgehead atoms. The quantitative estimate of drug-likeness (QED) is 0.769. The van der Waals surface area contributed by atoms with Gasteiger partial charge in [0.15, 0.2) is 0 Å². The van der Waals surface area contributed by atoms with E-state index in [1.165, 1.54) is 23.9 Å². The number of nitriles is 1. The lowest BCUT2D eigenvalue weighted by Gasteiger charge is -2.11. The van der Waals surface area contributed by atoms with Gasteiger partial charge in [-0.25, -0.2) is 4.39 Å². The lowest BCUT2D eigenvalue weighted by atomic mass is 10.3. The van der Waals surface area contributed by atoms with Gasteiger partial charge in [0, 0.05) is 9.92 Å². The predicted molar refractivity (Wildman–Crippen MR) is 91.3 cm³/mol. The van der Waals surface area contributed by atoms with Gasteiger partial charge < -0.3 is 10.6 Å². The topological polar surface area (TPSA) is 64.9 Å². The minimum absolute atomic E-state index is 0.0875. The van der Waals surface area contributed by atoms with E-state index in [0.29, 0.717) is 16.5 Å². The fourth-order valence-electron chi connectivity index (χ4n) is 1.81. The highest BCUT2D eigenvalue weighted by atomic mass is 35.5. The molecule has 0 saturated carbocycles. The summed E-state index contributed by atoms with van der Waals surface area (Å²) >= 11 is 7.01. The molecule has 0 unspecified atom stereocenters. The maximum Gasteiger partial charge on any atom is 0.243 e. The van der Waals surface area contributed by atoms with Gasteiger partial charge in [0.05, 0.1) is 29.7 Å².